The Morgan fingerprint density at radius 3 is 2.60 bits per heavy atom. The molecule has 1 aliphatic heterocycles. The van der Waals surface area contributed by atoms with Crippen LogP contribution in [0, 0.1) is 17.3 Å². The van der Waals surface area contributed by atoms with E-state index in [-0.39, 0.29) is 0 Å². The molecular formula is C17H34N2O. The van der Waals surface area contributed by atoms with Gasteiger partial charge in [-0.05, 0) is 56.5 Å². The maximum Gasteiger partial charge on any atom is 0.222 e. The highest BCUT2D eigenvalue weighted by atomic mass is 16.2. The van der Waals surface area contributed by atoms with Crippen molar-refractivity contribution in [3.63, 3.8) is 0 Å². The molecule has 1 heterocycles. The first-order chi connectivity index (χ1) is 9.31. The van der Waals surface area contributed by atoms with Crippen molar-refractivity contribution in [1.82, 2.24) is 10.2 Å². The summed E-state index contributed by atoms with van der Waals surface area (Å²) in [6.45, 7) is 15.0. The van der Waals surface area contributed by atoms with Crippen molar-refractivity contribution in [1.29, 1.82) is 0 Å². The van der Waals surface area contributed by atoms with Crippen molar-refractivity contribution in [2.75, 3.05) is 26.2 Å². The number of rotatable bonds is 6. The number of hydrogen-bond donors (Lipinski definition) is 1. The third kappa shape index (κ3) is 6.74. The summed E-state index contributed by atoms with van der Waals surface area (Å²) in [7, 11) is 0. The SMILES string of the molecule is CCN(CC1CCCNC1)C(=O)CC(C)CC(C)(C)C. The van der Waals surface area contributed by atoms with E-state index in [1.165, 1.54) is 12.8 Å². The van der Waals surface area contributed by atoms with Crippen LogP contribution in [0.3, 0.4) is 0 Å². The van der Waals surface area contributed by atoms with E-state index in [0.29, 0.717) is 29.6 Å². The summed E-state index contributed by atoms with van der Waals surface area (Å²) in [6.07, 6.45) is 4.32. The Labute approximate surface area is 125 Å². The fourth-order valence-corrected chi connectivity index (χ4v) is 3.34. The molecular weight excluding hydrogens is 248 g/mol. The molecule has 0 aromatic carbocycles. The third-order valence-corrected chi connectivity index (χ3v) is 4.10. The molecule has 0 radical (unpaired) electrons. The van der Waals surface area contributed by atoms with Crippen molar-refractivity contribution in [2.45, 2.75) is 60.3 Å². The van der Waals surface area contributed by atoms with Crippen LogP contribution in [0.5, 0.6) is 0 Å². The molecule has 1 amide bonds. The zero-order valence-corrected chi connectivity index (χ0v) is 14.2. The number of nitrogens with one attached hydrogen (secondary N) is 1. The Morgan fingerprint density at radius 2 is 2.10 bits per heavy atom. The van der Waals surface area contributed by atoms with Crippen molar-refractivity contribution < 1.29 is 4.79 Å². The summed E-state index contributed by atoms with van der Waals surface area (Å²) in [5, 5.41) is 3.44. The van der Waals surface area contributed by atoms with E-state index in [9.17, 15) is 4.79 Å². The summed E-state index contributed by atoms with van der Waals surface area (Å²) < 4.78 is 0. The molecule has 0 bridgehead atoms. The largest absolute Gasteiger partial charge is 0.343 e. The fourth-order valence-electron chi connectivity index (χ4n) is 3.34. The van der Waals surface area contributed by atoms with Gasteiger partial charge in [-0.15, -0.1) is 0 Å². The van der Waals surface area contributed by atoms with Gasteiger partial charge in [0.05, 0.1) is 0 Å². The highest BCUT2D eigenvalue weighted by Gasteiger charge is 2.23. The Morgan fingerprint density at radius 1 is 1.40 bits per heavy atom. The molecule has 2 atom stereocenters. The molecule has 1 aliphatic rings. The van der Waals surface area contributed by atoms with Gasteiger partial charge in [0.1, 0.15) is 0 Å². The van der Waals surface area contributed by atoms with Crippen molar-refractivity contribution in [3.8, 4) is 0 Å². The lowest BCUT2D eigenvalue weighted by Gasteiger charge is -2.31. The Bertz CT molecular complexity index is 290. The summed E-state index contributed by atoms with van der Waals surface area (Å²) in [6, 6.07) is 0. The van der Waals surface area contributed by atoms with Crippen LogP contribution in [0.4, 0.5) is 0 Å². The van der Waals surface area contributed by atoms with Gasteiger partial charge in [0.2, 0.25) is 5.91 Å². The molecule has 0 aromatic rings. The average Bonchev–Trinajstić information content (AvgIpc) is 2.34. The van der Waals surface area contributed by atoms with Gasteiger partial charge in [0, 0.05) is 19.5 Å². The Hall–Kier alpha value is -0.570. The predicted octanol–water partition coefficient (Wildman–Crippen LogP) is 3.30. The van der Waals surface area contributed by atoms with Crippen LogP contribution in [-0.2, 0) is 4.79 Å². The minimum absolute atomic E-state index is 0.310. The van der Waals surface area contributed by atoms with Crippen LogP contribution >= 0.6 is 0 Å². The van der Waals surface area contributed by atoms with Crippen molar-refractivity contribution in [2.24, 2.45) is 17.3 Å². The molecule has 0 saturated carbocycles. The second kappa shape index (κ2) is 8.02. The van der Waals surface area contributed by atoms with Crippen LogP contribution in [0.15, 0.2) is 0 Å². The predicted molar refractivity (Wildman–Crippen MR) is 85.7 cm³/mol. The number of carbonyl (C=O) groups excluding carboxylic acids is 1. The molecule has 0 spiro atoms. The van der Waals surface area contributed by atoms with Gasteiger partial charge in [-0.25, -0.2) is 0 Å². The first-order valence-electron chi connectivity index (χ1n) is 8.30. The van der Waals surface area contributed by atoms with E-state index in [1.54, 1.807) is 0 Å². The zero-order valence-electron chi connectivity index (χ0n) is 14.2. The Balaban J connectivity index is 2.41. The van der Waals surface area contributed by atoms with E-state index in [0.717, 1.165) is 32.6 Å². The van der Waals surface area contributed by atoms with E-state index < -0.39 is 0 Å². The van der Waals surface area contributed by atoms with E-state index in [2.05, 4.69) is 44.8 Å². The molecule has 2 unspecified atom stereocenters. The molecule has 3 nitrogen and oxygen atoms in total. The van der Waals surface area contributed by atoms with Crippen LogP contribution < -0.4 is 5.32 Å². The lowest BCUT2D eigenvalue weighted by molar-refractivity contribution is -0.132. The molecule has 1 saturated heterocycles. The number of piperidine rings is 1. The van der Waals surface area contributed by atoms with Crippen LogP contribution in [0.2, 0.25) is 0 Å². The number of carbonyl (C=O) groups is 1. The van der Waals surface area contributed by atoms with Gasteiger partial charge >= 0.3 is 0 Å². The Kier molecular flexibility index (Phi) is 7.01. The monoisotopic (exact) mass is 282 g/mol. The molecule has 1 N–H and O–H groups in total. The number of hydrogen-bond acceptors (Lipinski definition) is 2. The fraction of sp³-hybridized carbons (Fsp3) is 0.941. The first-order valence-corrected chi connectivity index (χ1v) is 8.30. The second-order valence-electron chi connectivity index (χ2n) is 7.72. The summed E-state index contributed by atoms with van der Waals surface area (Å²) in [4.78, 5) is 14.5. The molecule has 0 aromatic heterocycles. The topological polar surface area (TPSA) is 32.3 Å². The summed E-state index contributed by atoms with van der Waals surface area (Å²) >= 11 is 0. The lowest BCUT2D eigenvalue weighted by atomic mass is 9.84. The van der Waals surface area contributed by atoms with Crippen LogP contribution in [-0.4, -0.2) is 37.0 Å². The standard InChI is InChI=1S/C17H34N2O/c1-6-19(13-15-8-7-9-18-12-15)16(20)10-14(2)11-17(3,4)5/h14-15,18H,6-13H2,1-5H3. The van der Waals surface area contributed by atoms with E-state index >= 15 is 0 Å². The summed E-state index contributed by atoms with van der Waals surface area (Å²) in [5.41, 5.74) is 0.310. The molecule has 0 aliphatic carbocycles. The van der Waals surface area contributed by atoms with E-state index in [1.807, 2.05) is 0 Å². The van der Waals surface area contributed by atoms with Gasteiger partial charge < -0.3 is 10.2 Å². The number of nitrogens with zero attached hydrogens (tertiary/aromatic N) is 1. The van der Waals surface area contributed by atoms with Crippen molar-refractivity contribution in [3.05, 3.63) is 0 Å². The van der Waals surface area contributed by atoms with Crippen LogP contribution in [0.1, 0.15) is 60.3 Å². The van der Waals surface area contributed by atoms with Gasteiger partial charge in [0.25, 0.3) is 0 Å². The van der Waals surface area contributed by atoms with Crippen LogP contribution in [0.25, 0.3) is 0 Å². The summed E-state index contributed by atoms with van der Waals surface area (Å²) in [5.74, 6) is 1.46. The van der Waals surface area contributed by atoms with E-state index in [4.69, 9.17) is 0 Å². The molecule has 1 fully saturated rings. The molecule has 20 heavy (non-hydrogen) atoms. The quantitative estimate of drug-likeness (QED) is 0.810. The van der Waals surface area contributed by atoms with Crippen molar-refractivity contribution >= 4 is 5.91 Å². The average molecular weight is 282 g/mol. The second-order valence-corrected chi connectivity index (χ2v) is 7.72. The molecule has 3 heteroatoms. The minimum atomic E-state index is 0.310. The maximum absolute atomic E-state index is 12.4. The zero-order chi connectivity index (χ0) is 15.2. The third-order valence-electron chi connectivity index (χ3n) is 4.10. The van der Waals surface area contributed by atoms with Gasteiger partial charge in [-0.3, -0.25) is 4.79 Å². The molecule has 118 valence electrons. The smallest absolute Gasteiger partial charge is 0.222 e. The lowest BCUT2D eigenvalue weighted by Crippen LogP contribution is -2.41. The first kappa shape index (κ1) is 17.5. The highest BCUT2D eigenvalue weighted by molar-refractivity contribution is 5.76. The highest BCUT2D eigenvalue weighted by Crippen LogP contribution is 2.26. The minimum Gasteiger partial charge on any atom is -0.343 e. The number of amides is 1. The molecule has 1 rings (SSSR count). The normalized spacial score (nSPS) is 21.6. The van der Waals surface area contributed by atoms with Gasteiger partial charge in [-0.1, -0.05) is 27.7 Å². The van der Waals surface area contributed by atoms with Gasteiger partial charge in [-0.2, -0.15) is 0 Å². The maximum atomic E-state index is 12.4. The van der Waals surface area contributed by atoms with Gasteiger partial charge in [0.15, 0.2) is 0 Å².